The fourth-order valence-electron chi connectivity index (χ4n) is 0.572. The van der Waals surface area contributed by atoms with Gasteiger partial charge in [0, 0.05) is 12.8 Å². The van der Waals surface area contributed by atoms with E-state index in [4.69, 9.17) is 16.6 Å². The van der Waals surface area contributed by atoms with Gasteiger partial charge in [-0.1, -0.05) is 5.92 Å². The van der Waals surface area contributed by atoms with E-state index in [0.717, 1.165) is 6.92 Å². The molecule has 74 valence electrons. The maximum absolute atomic E-state index is 10.6. The zero-order valence-corrected chi connectivity index (χ0v) is 7.70. The van der Waals surface area contributed by atoms with E-state index < -0.39 is 17.4 Å². The van der Waals surface area contributed by atoms with Crippen LogP contribution in [0.15, 0.2) is 0 Å². The molecule has 0 aliphatic rings. The highest BCUT2D eigenvalue weighted by Crippen LogP contribution is 2.15. The maximum atomic E-state index is 10.6. The number of carboxylic acids is 2. The van der Waals surface area contributed by atoms with Crippen LogP contribution in [-0.4, -0.2) is 22.2 Å². The Morgan fingerprint density at radius 3 is 2.14 bits per heavy atom. The highest BCUT2D eigenvalue weighted by atomic mass is 16.4. The van der Waals surface area contributed by atoms with Crippen LogP contribution in [0.25, 0.3) is 0 Å². The van der Waals surface area contributed by atoms with Crippen molar-refractivity contribution in [3.8, 4) is 24.2 Å². The average molecular weight is 194 g/mol. The molecule has 4 nitrogen and oxygen atoms in total. The number of unbranched alkanes of at least 4 members (excludes halogenated alkanes) is 1. The van der Waals surface area contributed by atoms with Gasteiger partial charge in [-0.15, -0.1) is 18.3 Å². The smallest absolute Gasteiger partial charge is 0.333 e. The van der Waals surface area contributed by atoms with Crippen LogP contribution in [0.1, 0.15) is 19.8 Å². The van der Waals surface area contributed by atoms with Crippen LogP contribution in [-0.2, 0) is 9.59 Å². The summed E-state index contributed by atoms with van der Waals surface area (Å²) in [5.74, 6) is 3.99. The summed E-state index contributed by atoms with van der Waals surface area (Å²) in [6.07, 6.45) is 5.62. The molecule has 0 aromatic rings. The second-order valence-electron chi connectivity index (χ2n) is 2.74. The zero-order valence-electron chi connectivity index (χ0n) is 7.70. The third kappa shape index (κ3) is 2.84. The minimum absolute atomic E-state index is 0.298. The van der Waals surface area contributed by atoms with Gasteiger partial charge in [-0.05, 0) is 6.92 Å². The lowest BCUT2D eigenvalue weighted by molar-refractivity contribution is -0.158. The second-order valence-corrected chi connectivity index (χ2v) is 2.74. The highest BCUT2D eigenvalue weighted by Gasteiger charge is 2.39. The van der Waals surface area contributed by atoms with Crippen LogP contribution >= 0.6 is 0 Å². The number of carboxylic acid groups (broad SMARTS) is 2. The first kappa shape index (κ1) is 12.1. The first-order valence-electron chi connectivity index (χ1n) is 3.85. The van der Waals surface area contributed by atoms with E-state index >= 15 is 0 Å². The predicted octanol–water partition coefficient (Wildman–Crippen LogP) is 0.579. The Bertz CT molecular complexity index is 323. The van der Waals surface area contributed by atoms with Crippen LogP contribution in [0.5, 0.6) is 0 Å². The predicted molar refractivity (Wildman–Crippen MR) is 49.2 cm³/mol. The van der Waals surface area contributed by atoms with E-state index in [1.807, 2.05) is 0 Å². The Morgan fingerprint density at radius 1 is 1.29 bits per heavy atom. The van der Waals surface area contributed by atoms with E-state index in [2.05, 4.69) is 17.8 Å². The van der Waals surface area contributed by atoms with Gasteiger partial charge >= 0.3 is 11.9 Å². The molecule has 0 aromatic carbocycles. The molecule has 0 heterocycles. The van der Waals surface area contributed by atoms with Crippen LogP contribution in [0.4, 0.5) is 0 Å². The van der Waals surface area contributed by atoms with E-state index in [1.54, 1.807) is 0 Å². The van der Waals surface area contributed by atoms with Gasteiger partial charge in [0.2, 0.25) is 5.41 Å². The SMILES string of the molecule is C#CCCC#CC(C)(C(=O)O)C(=O)O. The molecule has 0 aliphatic carbocycles. The van der Waals surface area contributed by atoms with E-state index in [0.29, 0.717) is 12.8 Å². The van der Waals surface area contributed by atoms with Gasteiger partial charge in [-0.25, -0.2) is 9.59 Å². The molecule has 0 saturated carbocycles. The molecule has 0 amide bonds. The molecular formula is C10H10O4. The Balaban J connectivity index is 4.69. The molecule has 2 N–H and O–H groups in total. The minimum atomic E-state index is -2.05. The Labute approximate surface area is 81.9 Å². The van der Waals surface area contributed by atoms with Gasteiger partial charge in [0.1, 0.15) is 0 Å². The van der Waals surface area contributed by atoms with Crippen molar-refractivity contribution in [2.45, 2.75) is 19.8 Å². The first-order chi connectivity index (χ1) is 6.45. The molecule has 0 bridgehead atoms. The van der Waals surface area contributed by atoms with E-state index in [-0.39, 0.29) is 0 Å². The highest BCUT2D eigenvalue weighted by molar-refractivity contribution is 6.01. The Kier molecular flexibility index (Phi) is 4.25. The molecule has 0 aromatic heterocycles. The number of hydrogen-bond donors (Lipinski definition) is 2. The summed E-state index contributed by atoms with van der Waals surface area (Å²) in [5, 5.41) is 17.3. The van der Waals surface area contributed by atoms with Crippen molar-refractivity contribution in [1.29, 1.82) is 0 Å². The summed E-state index contributed by atoms with van der Waals surface area (Å²) in [7, 11) is 0. The largest absolute Gasteiger partial charge is 0.480 e. The molecular weight excluding hydrogens is 184 g/mol. The van der Waals surface area contributed by atoms with Crippen LogP contribution in [0.2, 0.25) is 0 Å². The fourth-order valence-corrected chi connectivity index (χ4v) is 0.572. The monoisotopic (exact) mass is 194 g/mol. The molecule has 0 spiro atoms. The van der Waals surface area contributed by atoms with Gasteiger partial charge in [-0.3, -0.25) is 0 Å². The van der Waals surface area contributed by atoms with Crippen molar-refractivity contribution in [2.75, 3.05) is 0 Å². The van der Waals surface area contributed by atoms with Crippen LogP contribution in [0, 0.1) is 29.6 Å². The first-order valence-corrected chi connectivity index (χ1v) is 3.85. The van der Waals surface area contributed by atoms with Crippen molar-refractivity contribution in [3.63, 3.8) is 0 Å². The van der Waals surface area contributed by atoms with E-state index in [9.17, 15) is 9.59 Å². The van der Waals surface area contributed by atoms with Gasteiger partial charge in [-0.2, -0.15) is 0 Å². The third-order valence-corrected chi connectivity index (χ3v) is 1.59. The summed E-state index contributed by atoms with van der Waals surface area (Å²) < 4.78 is 0. The van der Waals surface area contributed by atoms with Gasteiger partial charge in [0.15, 0.2) is 0 Å². The van der Waals surface area contributed by atoms with Crippen molar-refractivity contribution in [3.05, 3.63) is 0 Å². The number of carbonyl (C=O) groups is 2. The third-order valence-electron chi connectivity index (χ3n) is 1.59. The fraction of sp³-hybridized carbons (Fsp3) is 0.400. The topological polar surface area (TPSA) is 74.6 Å². The minimum Gasteiger partial charge on any atom is -0.480 e. The number of rotatable bonds is 3. The second kappa shape index (κ2) is 4.94. The molecule has 4 heteroatoms. The lowest BCUT2D eigenvalue weighted by atomic mass is 9.92. The van der Waals surface area contributed by atoms with Crippen molar-refractivity contribution >= 4 is 11.9 Å². The Morgan fingerprint density at radius 2 is 1.79 bits per heavy atom. The molecule has 0 rings (SSSR count). The molecule has 0 fully saturated rings. The Hall–Kier alpha value is -1.94. The molecule has 0 saturated heterocycles. The molecule has 0 atom stereocenters. The number of terminal acetylenes is 1. The van der Waals surface area contributed by atoms with Crippen molar-refractivity contribution in [2.24, 2.45) is 5.41 Å². The van der Waals surface area contributed by atoms with Crippen molar-refractivity contribution < 1.29 is 19.8 Å². The van der Waals surface area contributed by atoms with Crippen LogP contribution < -0.4 is 0 Å². The van der Waals surface area contributed by atoms with Gasteiger partial charge < -0.3 is 10.2 Å². The summed E-state index contributed by atoms with van der Waals surface area (Å²) in [6, 6.07) is 0. The lowest BCUT2D eigenvalue weighted by Gasteiger charge is -2.10. The number of aliphatic carboxylic acids is 2. The van der Waals surface area contributed by atoms with E-state index in [1.165, 1.54) is 0 Å². The average Bonchev–Trinajstić information content (AvgIpc) is 2.11. The van der Waals surface area contributed by atoms with Crippen molar-refractivity contribution in [1.82, 2.24) is 0 Å². The zero-order chi connectivity index (χ0) is 11.2. The molecule has 14 heavy (non-hydrogen) atoms. The normalized spacial score (nSPS) is 9.43. The lowest BCUT2D eigenvalue weighted by Crippen LogP contribution is -2.34. The molecule has 0 aliphatic heterocycles. The quantitative estimate of drug-likeness (QED) is 0.391. The maximum Gasteiger partial charge on any atom is 0.333 e. The summed E-state index contributed by atoms with van der Waals surface area (Å²) in [5.41, 5.74) is -2.05. The summed E-state index contributed by atoms with van der Waals surface area (Å²) in [6.45, 7) is 1.04. The standard InChI is InChI=1S/C10H10O4/c1-3-4-5-6-7-10(2,8(11)12)9(13)14/h1H,4-5H2,2H3,(H,11,12)(H,13,14). The van der Waals surface area contributed by atoms with Gasteiger partial charge in [0.25, 0.3) is 0 Å². The molecule has 0 unspecified atom stereocenters. The molecule has 0 radical (unpaired) electrons. The number of hydrogen-bond acceptors (Lipinski definition) is 2. The summed E-state index contributed by atoms with van der Waals surface area (Å²) in [4.78, 5) is 21.2. The summed E-state index contributed by atoms with van der Waals surface area (Å²) >= 11 is 0. The van der Waals surface area contributed by atoms with Gasteiger partial charge in [0.05, 0.1) is 0 Å². The van der Waals surface area contributed by atoms with Crippen LogP contribution in [0.3, 0.4) is 0 Å².